The fraction of sp³-hybridized carbons (Fsp3) is 0.524. The second kappa shape index (κ2) is 7.00. The van der Waals surface area contributed by atoms with Crippen molar-refractivity contribution in [3.8, 4) is 5.75 Å². The number of nitrogens with zero attached hydrogens (tertiary/aromatic N) is 1. The van der Waals surface area contributed by atoms with Crippen LogP contribution in [0.4, 0.5) is 0 Å². The molecule has 6 nitrogen and oxygen atoms in total. The van der Waals surface area contributed by atoms with Crippen LogP contribution in [-0.4, -0.2) is 41.7 Å². The number of hydrogen-bond acceptors (Lipinski definition) is 5. The summed E-state index contributed by atoms with van der Waals surface area (Å²) in [5.74, 6) is 0.748. The molecule has 1 saturated heterocycles. The van der Waals surface area contributed by atoms with Gasteiger partial charge in [0.25, 0.3) is 0 Å². The maximum Gasteiger partial charge on any atom is 0.336 e. The molecule has 2 aromatic rings. The first-order valence-electron chi connectivity index (χ1n) is 9.59. The van der Waals surface area contributed by atoms with Gasteiger partial charge in [0.1, 0.15) is 11.3 Å². The van der Waals surface area contributed by atoms with Gasteiger partial charge in [-0.15, -0.1) is 0 Å². The normalized spacial score (nSPS) is 25.3. The molecule has 1 amide bonds. The van der Waals surface area contributed by atoms with Crippen LogP contribution in [0.3, 0.4) is 0 Å². The molecule has 1 aliphatic carbocycles. The van der Waals surface area contributed by atoms with Gasteiger partial charge >= 0.3 is 5.63 Å². The van der Waals surface area contributed by atoms with Crippen molar-refractivity contribution in [1.29, 1.82) is 0 Å². The van der Waals surface area contributed by atoms with Crippen molar-refractivity contribution in [2.24, 2.45) is 5.92 Å². The van der Waals surface area contributed by atoms with Crippen LogP contribution in [0.25, 0.3) is 11.0 Å². The van der Waals surface area contributed by atoms with E-state index in [2.05, 4.69) is 0 Å². The molecular weight excluding hydrogens is 346 g/mol. The number of carbonyl (C=O) groups excluding carboxylic acids is 1. The molecule has 1 aliphatic heterocycles. The van der Waals surface area contributed by atoms with Gasteiger partial charge in [-0.05, 0) is 37.0 Å². The Bertz CT molecular complexity index is 920. The molecule has 27 heavy (non-hydrogen) atoms. The zero-order valence-electron chi connectivity index (χ0n) is 15.6. The van der Waals surface area contributed by atoms with Crippen LogP contribution >= 0.6 is 0 Å². The molecule has 1 aromatic heterocycles. The van der Waals surface area contributed by atoms with Crippen LogP contribution in [0.1, 0.15) is 37.7 Å². The molecule has 0 bridgehead atoms. The van der Waals surface area contributed by atoms with Gasteiger partial charge in [0, 0.05) is 36.5 Å². The first-order valence-corrected chi connectivity index (χ1v) is 9.59. The summed E-state index contributed by atoms with van der Waals surface area (Å²) in [6.45, 7) is 1.17. The molecule has 1 N–H and O–H groups in total. The number of aliphatic hydroxyl groups is 1. The molecule has 2 fully saturated rings. The van der Waals surface area contributed by atoms with Crippen molar-refractivity contribution in [1.82, 2.24) is 4.90 Å². The number of fused-ring (bicyclic) bond motifs is 2. The van der Waals surface area contributed by atoms with Gasteiger partial charge in [-0.2, -0.15) is 0 Å². The van der Waals surface area contributed by atoms with Crippen molar-refractivity contribution in [3.63, 3.8) is 0 Å². The first-order chi connectivity index (χ1) is 13.0. The Balaban J connectivity index is 1.55. The lowest BCUT2D eigenvalue weighted by molar-refractivity contribution is -0.142. The lowest BCUT2D eigenvalue weighted by Gasteiger charge is -2.47. The highest BCUT2D eigenvalue weighted by atomic mass is 16.5. The van der Waals surface area contributed by atoms with Crippen molar-refractivity contribution < 1.29 is 19.1 Å². The van der Waals surface area contributed by atoms with Crippen LogP contribution in [0, 0.1) is 5.92 Å². The number of rotatable bonds is 3. The second-order valence-electron chi connectivity index (χ2n) is 7.77. The van der Waals surface area contributed by atoms with E-state index in [9.17, 15) is 14.7 Å². The third kappa shape index (κ3) is 3.46. The summed E-state index contributed by atoms with van der Waals surface area (Å²) in [7, 11) is 1.55. The number of benzene rings is 1. The third-order valence-corrected chi connectivity index (χ3v) is 6.16. The van der Waals surface area contributed by atoms with E-state index in [0.29, 0.717) is 36.4 Å². The van der Waals surface area contributed by atoms with Gasteiger partial charge in [-0.1, -0.05) is 12.8 Å². The number of piperidine rings is 1. The van der Waals surface area contributed by atoms with Gasteiger partial charge in [-0.3, -0.25) is 4.79 Å². The Kier molecular flexibility index (Phi) is 4.68. The molecule has 0 unspecified atom stereocenters. The van der Waals surface area contributed by atoms with Gasteiger partial charge in [0.05, 0.1) is 19.1 Å². The predicted molar refractivity (Wildman–Crippen MR) is 101 cm³/mol. The topological polar surface area (TPSA) is 80.0 Å². The quantitative estimate of drug-likeness (QED) is 0.839. The fourth-order valence-corrected chi connectivity index (χ4v) is 4.56. The lowest BCUT2D eigenvalue weighted by atomic mass is 9.71. The predicted octanol–water partition coefficient (Wildman–Crippen LogP) is 2.50. The van der Waals surface area contributed by atoms with E-state index < -0.39 is 11.2 Å². The summed E-state index contributed by atoms with van der Waals surface area (Å²) in [6, 6.07) is 6.66. The molecular formula is C21H25NO5. The third-order valence-electron chi connectivity index (χ3n) is 6.16. The lowest BCUT2D eigenvalue weighted by Crippen LogP contribution is -2.54. The van der Waals surface area contributed by atoms with E-state index in [1.807, 2.05) is 11.0 Å². The number of carbonyl (C=O) groups is 1. The SMILES string of the molecule is COc1ccc2c(CC(=O)N3CC[C@@]4(O)CCCC[C@H]4C3)cc(=O)oc2c1. The summed E-state index contributed by atoms with van der Waals surface area (Å²) in [6.07, 6.45) is 4.78. The van der Waals surface area contributed by atoms with E-state index in [1.54, 1.807) is 19.2 Å². The van der Waals surface area contributed by atoms with Crippen molar-refractivity contribution >= 4 is 16.9 Å². The molecule has 144 valence electrons. The summed E-state index contributed by atoms with van der Waals surface area (Å²) in [4.78, 5) is 26.7. The zero-order valence-corrected chi connectivity index (χ0v) is 15.6. The number of ether oxygens (including phenoxy) is 1. The van der Waals surface area contributed by atoms with Gasteiger partial charge in [0.15, 0.2) is 0 Å². The molecule has 2 atom stereocenters. The first kappa shape index (κ1) is 18.0. The zero-order chi connectivity index (χ0) is 19.0. The number of hydrogen-bond donors (Lipinski definition) is 1. The minimum Gasteiger partial charge on any atom is -0.497 e. The summed E-state index contributed by atoms with van der Waals surface area (Å²) >= 11 is 0. The summed E-state index contributed by atoms with van der Waals surface area (Å²) in [5.41, 5.74) is 0.00807. The Morgan fingerprint density at radius 1 is 1.33 bits per heavy atom. The average molecular weight is 371 g/mol. The van der Waals surface area contributed by atoms with E-state index in [1.165, 1.54) is 6.07 Å². The molecule has 0 spiro atoms. The summed E-state index contributed by atoms with van der Waals surface area (Å²) < 4.78 is 10.4. The summed E-state index contributed by atoms with van der Waals surface area (Å²) in [5, 5.41) is 11.5. The molecule has 1 aromatic carbocycles. The highest BCUT2D eigenvalue weighted by molar-refractivity contribution is 5.87. The highest BCUT2D eigenvalue weighted by Gasteiger charge is 2.43. The monoisotopic (exact) mass is 371 g/mol. The van der Waals surface area contributed by atoms with E-state index in [-0.39, 0.29) is 18.2 Å². The molecule has 2 heterocycles. The van der Waals surface area contributed by atoms with Gasteiger partial charge in [-0.25, -0.2) is 4.79 Å². The molecule has 2 aliphatic rings. The van der Waals surface area contributed by atoms with Crippen LogP contribution in [-0.2, 0) is 11.2 Å². The van der Waals surface area contributed by atoms with Crippen LogP contribution in [0.15, 0.2) is 33.5 Å². The Morgan fingerprint density at radius 2 is 2.19 bits per heavy atom. The van der Waals surface area contributed by atoms with Gasteiger partial charge in [0.2, 0.25) is 5.91 Å². The van der Waals surface area contributed by atoms with Crippen LogP contribution < -0.4 is 10.4 Å². The second-order valence-corrected chi connectivity index (χ2v) is 7.77. The maximum atomic E-state index is 12.9. The largest absolute Gasteiger partial charge is 0.497 e. The number of methoxy groups -OCH3 is 1. The highest BCUT2D eigenvalue weighted by Crippen LogP contribution is 2.39. The number of amides is 1. The van der Waals surface area contributed by atoms with E-state index in [4.69, 9.17) is 9.15 Å². The fourth-order valence-electron chi connectivity index (χ4n) is 4.56. The molecule has 6 heteroatoms. The van der Waals surface area contributed by atoms with Crippen molar-refractivity contribution in [2.45, 2.75) is 44.1 Å². The minimum atomic E-state index is -0.605. The molecule has 4 rings (SSSR count). The Hall–Kier alpha value is -2.34. The van der Waals surface area contributed by atoms with E-state index in [0.717, 1.165) is 31.1 Å². The molecule has 1 saturated carbocycles. The van der Waals surface area contributed by atoms with E-state index >= 15 is 0 Å². The van der Waals surface area contributed by atoms with Gasteiger partial charge < -0.3 is 19.2 Å². The minimum absolute atomic E-state index is 0.00894. The molecule has 0 radical (unpaired) electrons. The maximum absolute atomic E-state index is 12.9. The Labute approximate surface area is 157 Å². The van der Waals surface area contributed by atoms with Crippen LogP contribution in [0.5, 0.6) is 5.75 Å². The van der Waals surface area contributed by atoms with Crippen molar-refractivity contribution in [2.75, 3.05) is 20.2 Å². The van der Waals surface area contributed by atoms with Crippen molar-refractivity contribution in [3.05, 3.63) is 40.2 Å². The standard InChI is InChI=1S/C21H25NO5/c1-26-16-5-6-17-14(11-20(24)27-18(17)12-16)10-19(23)22-9-8-21(25)7-3-2-4-15(21)13-22/h5-6,11-12,15,25H,2-4,7-10,13H2,1H3/t15-,21-/m0/s1. The Morgan fingerprint density at radius 3 is 3.00 bits per heavy atom. The number of likely N-dealkylation sites (tertiary alicyclic amines) is 1. The smallest absolute Gasteiger partial charge is 0.336 e. The van der Waals surface area contributed by atoms with Crippen LogP contribution in [0.2, 0.25) is 0 Å². The average Bonchev–Trinajstić information content (AvgIpc) is 2.66.